The van der Waals surface area contributed by atoms with Crippen molar-refractivity contribution in [2.75, 3.05) is 13.2 Å². The molecule has 0 amide bonds. The van der Waals surface area contributed by atoms with E-state index in [4.69, 9.17) is 9.47 Å². The smallest absolute Gasteiger partial charge is 0.330 e. The summed E-state index contributed by atoms with van der Waals surface area (Å²) >= 11 is 0. The summed E-state index contributed by atoms with van der Waals surface area (Å²) in [5, 5.41) is 0. The highest BCUT2D eigenvalue weighted by Crippen LogP contribution is 2.49. The van der Waals surface area contributed by atoms with E-state index in [0.29, 0.717) is 19.6 Å². The molecule has 1 heterocycles. The van der Waals surface area contributed by atoms with Gasteiger partial charge in [0.25, 0.3) is 0 Å². The number of benzene rings is 1. The molecular formula is C19H20O4. The normalized spacial score (nSPS) is 28.0. The monoisotopic (exact) mass is 312 g/mol. The van der Waals surface area contributed by atoms with Crippen molar-refractivity contribution in [1.82, 2.24) is 0 Å². The molecule has 120 valence electrons. The molecule has 1 aromatic rings. The number of allylic oxidation sites excluding steroid dienone is 1. The molecule has 1 saturated heterocycles. The lowest BCUT2D eigenvalue weighted by molar-refractivity contribution is -0.137. The Bertz CT molecular complexity index is 701. The Labute approximate surface area is 135 Å². The number of carbonyl (C=O) groups excluding carboxylic acids is 2. The van der Waals surface area contributed by atoms with E-state index >= 15 is 0 Å². The summed E-state index contributed by atoms with van der Waals surface area (Å²) in [6.07, 6.45) is 5.25. The summed E-state index contributed by atoms with van der Waals surface area (Å²) in [7, 11) is 0. The molecule has 1 aliphatic heterocycles. The van der Waals surface area contributed by atoms with Gasteiger partial charge in [0.1, 0.15) is 5.60 Å². The van der Waals surface area contributed by atoms with Crippen LogP contribution in [0.4, 0.5) is 0 Å². The summed E-state index contributed by atoms with van der Waals surface area (Å²) < 4.78 is 11.1. The Morgan fingerprint density at radius 3 is 3.04 bits per heavy atom. The van der Waals surface area contributed by atoms with Crippen molar-refractivity contribution in [3.05, 3.63) is 59.2 Å². The van der Waals surface area contributed by atoms with E-state index in [2.05, 4.69) is 6.07 Å². The molecule has 1 aliphatic carbocycles. The van der Waals surface area contributed by atoms with Gasteiger partial charge in [0.15, 0.2) is 5.78 Å². The van der Waals surface area contributed by atoms with Crippen LogP contribution in [0.15, 0.2) is 48.1 Å². The van der Waals surface area contributed by atoms with E-state index in [1.165, 1.54) is 6.08 Å². The predicted molar refractivity (Wildman–Crippen MR) is 85.8 cm³/mol. The number of ether oxygens (including phenoxy) is 2. The quantitative estimate of drug-likeness (QED) is 0.636. The second-order valence-corrected chi connectivity index (χ2v) is 5.98. The number of carbonyl (C=O) groups is 2. The van der Waals surface area contributed by atoms with Gasteiger partial charge in [-0.05, 0) is 37.1 Å². The van der Waals surface area contributed by atoms with Crippen LogP contribution >= 0.6 is 0 Å². The first-order valence-electron chi connectivity index (χ1n) is 7.85. The molecule has 0 N–H and O–H groups in total. The molecule has 1 unspecified atom stereocenters. The van der Waals surface area contributed by atoms with Crippen molar-refractivity contribution in [1.29, 1.82) is 0 Å². The molecule has 0 aromatic heterocycles. The van der Waals surface area contributed by atoms with Crippen LogP contribution in [0, 0.1) is 12.8 Å². The average Bonchev–Trinajstić information content (AvgIpc) is 2.87. The Hall–Kier alpha value is -2.20. The zero-order valence-electron chi connectivity index (χ0n) is 13.4. The molecule has 2 aliphatic rings. The largest absolute Gasteiger partial charge is 0.463 e. The second kappa shape index (κ2) is 6.13. The summed E-state index contributed by atoms with van der Waals surface area (Å²) in [5.41, 5.74) is 2.30. The standard InChI is InChI=1S/C19H20O4/c1-3-22-18(21)10-14-12-23-19(8-7-16(20)11-17(14)19)15-6-4-5-13(2)9-15/h4-10,17H,3,11-12H2,1-2H3/b14-10-/t17?,19-/m0/s1. The van der Waals surface area contributed by atoms with Crippen molar-refractivity contribution in [3.63, 3.8) is 0 Å². The van der Waals surface area contributed by atoms with E-state index in [9.17, 15) is 9.59 Å². The fourth-order valence-electron chi connectivity index (χ4n) is 3.36. The van der Waals surface area contributed by atoms with Crippen molar-refractivity contribution >= 4 is 11.8 Å². The highest BCUT2D eigenvalue weighted by molar-refractivity contribution is 5.92. The van der Waals surface area contributed by atoms with Crippen molar-refractivity contribution in [2.24, 2.45) is 5.92 Å². The topological polar surface area (TPSA) is 52.6 Å². The van der Waals surface area contributed by atoms with Gasteiger partial charge in [-0.15, -0.1) is 0 Å². The SMILES string of the molecule is CCOC(=O)/C=C1/CO[C@]2(c3cccc(C)c3)C=CC(=O)CC12. The molecule has 1 fully saturated rings. The van der Waals surface area contributed by atoms with E-state index < -0.39 is 5.60 Å². The molecule has 23 heavy (non-hydrogen) atoms. The lowest BCUT2D eigenvalue weighted by atomic mass is 9.73. The second-order valence-electron chi connectivity index (χ2n) is 5.98. The van der Waals surface area contributed by atoms with Gasteiger partial charge < -0.3 is 9.47 Å². The molecule has 2 atom stereocenters. The molecule has 1 aromatic carbocycles. The first-order valence-corrected chi connectivity index (χ1v) is 7.85. The Morgan fingerprint density at radius 2 is 2.30 bits per heavy atom. The number of aryl methyl sites for hydroxylation is 1. The number of fused-ring (bicyclic) bond motifs is 1. The maximum absolute atomic E-state index is 11.9. The third-order valence-electron chi connectivity index (χ3n) is 4.42. The minimum Gasteiger partial charge on any atom is -0.463 e. The van der Waals surface area contributed by atoms with Crippen molar-refractivity contribution < 1.29 is 19.1 Å². The first kappa shape index (κ1) is 15.7. The Morgan fingerprint density at radius 1 is 1.48 bits per heavy atom. The molecule has 4 heteroatoms. The lowest BCUT2D eigenvalue weighted by Gasteiger charge is -2.34. The van der Waals surface area contributed by atoms with Crippen LogP contribution in [-0.4, -0.2) is 25.0 Å². The molecule has 0 saturated carbocycles. The van der Waals surface area contributed by atoms with Gasteiger partial charge in [0.2, 0.25) is 0 Å². The van der Waals surface area contributed by atoms with E-state index in [-0.39, 0.29) is 17.7 Å². The fraction of sp³-hybridized carbons (Fsp3) is 0.368. The number of hydrogen-bond acceptors (Lipinski definition) is 4. The van der Waals surface area contributed by atoms with E-state index in [1.807, 2.05) is 31.2 Å². The Balaban J connectivity index is 2.03. The highest BCUT2D eigenvalue weighted by atomic mass is 16.5. The fourth-order valence-corrected chi connectivity index (χ4v) is 3.36. The summed E-state index contributed by atoms with van der Waals surface area (Å²) in [5.74, 6) is -0.488. The van der Waals surface area contributed by atoms with Crippen molar-refractivity contribution in [2.45, 2.75) is 25.9 Å². The Kier molecular flexibility index (Phi) is 4.18. The predicted octanol–water partition coefficient (Wildman–Crippen LogP) is 2.86. The van der Waals surface area contributed by atoms with Gasteiger partial charge >= 0.3 is 5.97 Å². The maximum Gasteiger partial charge on any atom is 0.330 e. The average molecular weight is 312 g/mol. The number of hydrogen-bond donors (Lipinski definition) is 0. The van der Waals surface area contributed by atoms with Gasteiger partial charge in [-0.2, -0.15) is 0 Å². The molecule has 4 nitrogen and oxygen atoms in total. The number of esters is 1. The van der Waals surface area contributed by atoms with Gasteiger partial charge in [-0.25, -0.2) is 4.79 Å². The summed E-state index contributed by atoms with van der Waals surface area (Å²) in [6, 6.07) is 8.09. The van der Waals surface area contributed by atoms with Crippen molar-refractivity contribution in [3.8, 4) is 0 Å². The zero-order valence-corrected chi connectivity index (χ0v) is 13.4. The van der Waals surface area contributed by atoms with E-state index in [1.54, 1.807) is 13.0 Å². The van der Waals surface area contributed by atoms with Crippen LogP contribution in [0.5, 0.6) is 0 Å². The van der Waals surface area contributed by atoms with Gasteiger partial charge in [0, 0.05) is 18.4 Å². The van der Waals surface area contributed by atoms with E-state index in [0.717, 1.165) is 16.7 Å². The van der Waals surface area contributed by atoms with Crippen LogP contribution in [0.2, 0.25) is 0 Å². The van der Waals surface area contributed by atoms with Gasteiger partial charge in [-0.3, -0.25) is 4.79 Å². The van der Waals surface area contributed by atoms with Gasteiger partial charge in [0.05, 0.1) is 13.2 Å². The third-order valence-corrected chi connectivity index (χ3v) is 4.42. The molecule has 0 bridgehead atoms. The first-order chi connectivity index (χ1) is 11.0. The number of ketones is 1. The summed E-state index contributed by atoms with van der Waals surface area (Å²) in [6.45, 7) is 4.45. The zero-order chi connectivity index (χ0) is 16.4. The molecule has 0 radical (unpaired) electrons. The molecule has 0 spiro atoms. The third kappa shape index (κ3) is 2.86. The molecule has 3 rings (SSSR count). The van der Waals surface area contributed by atoms with Crippen LogP contribution in [-0.2, 0) is 24.7 Å². The summed E-state index contributed by atoms with van der Waals surface area (Å²) in [4.78, 5) is 23.7. The lowest BCUT2D eigenvalue weighted by Crippen LogP contribution is -2.35. The van der Waals surface area contributed by atoms with Crippen LogP contribution < -0.4 is 0 Å². The number of rotatable bonds is 3. The van der Waals surface area contributed by atoms with Crippen LogP contribution in [0.25, 0.3) is 0 Å². The highest BCUT2D eigenvalue weighted by Gasteiger charge is 2.49. The van der Waals surface area contributed by atoms with Crippen LogP contribution in [0.3, 0.4) is 0 Å². The molecular weight excluding hydrogens is 292 g/mol. The minimum absolute atomic E-state index is 0.0542. The van der Waals surface area contributed by atoms with Gasteiger partial charge in [-0.1, -0.05) is 29.8 Å². The maximum atomic E-state index is 11.9. The minimum atomic E-state index is -0.668. The van der Waals surface area contributed by atoms with Crippen LogP contribution in [0.1, 0.15) is 24.5 Å².